The van der Waals surface area contributed by atoms with Gasteiger partial charge in [-0.3, -0.25) is 4.79 Å². The molecule has 5 nitrogen and oxygen atoms in total. The Morgan fingerprint density at radius 2 is 1.95 bits per heavy atom. The number of benzene rings is 1. The number of amides is 2. The molecule has 0 aromatic heterocycles. The number of alkyl carbamates (subject to hydrolysis) is 1. The number of rotatable bonds is 4. The highest BCUT2D eigenvalue weighted by molar-refractivity contribution is 9.10. The average molecular weight is 371 g/mol. The summed E-state index contributed by atoms with van der Waals surface area (Å²) in [4.78, 5) is 25.0. The van der Waals surface area contributed by atoms with Gasteiger partial charge in [-0.05, 0) is 51.5 Å². The van der Waals surface area contributed by atoms with Crippen molar-refractivity contribution in [1.29, 1.82) is 0 Å². The quantitative estimate of drug-likeness (QED) is 0.879. The van der Waals surface area contributed by atoms with Crippen LogP contribution in [0.15, 0.2) is 22.7 Å². The van der Waals surface area contributed by atoms with Crippen molar-refractivity contribution in [3.8, 4) is 0 Å². The van der Waals surface area contributed by atoms with Crippen LogP contribution in [0.2, 0.25) is 0 Å². The van der Waals surface area contributed by atoms with Gasteiger partial charge in [0.05, 0.1) is 0 Å². The summed E-state index contributed by atoms with van der Waals surface area (Å²) >= 11 is 3.44. The Hall–Kier alpha value is -1.56. The fourth-order valence-corrected chi connectivity index (χ4v) is 2.10. The van der Waals surface area contributed by atoms with Crippen molar-refractivity contribution >= 4 is 33.6 Å². The van der Waals surface area contributed by atoms with Crippen LogP contribution in [0.5, 0.6) is 0 Å². The van der Waals surface area contributed by atoms with Crippen LogP contribution in [0.4, 0.5) is 10.5 Å². The molecule has 0 aliphatic heterocycles. The van der Waals surface area contributed by atoms with Gasteiger partial charge in [0.25, 0.3) is 0 Å². The molecule has 0 saturated carbocycles. The minimum absolute atomic E-state index is 0.0762. The van der Waals surface area contributed by atoms with Crippen molar-refractivity contribution < 1.29 is 14.3 Å². The Kier molecular flexibility index (Phi) is 6.41. The van der Waals surface area contributed by atoms with Gasteiger partial charge in [-0.25, -0.2) is 4.79 Å². The lowest BCUT2D eigenvalue weighted by molar-refractivity contribution is -0.116. The Balaban J connectivity index is 2.64. The molecule has 0 bridgehead atoms. The summed E-state index contributed by atoms with van der Waals surface area (Å²) in [6.45, 7) is 9.59. The predicted molar refractivity (Wildman–Crippen MR) is 91.1 cm³/mol. The van der Waals surface area contributed by atoms with E-state index in [1.165, 1.54) is 6.92 Å². The molecule has 1 rings (SSSR count). The number of halogens is 1. The minimum atomic E-state index is -0.535. The van der Waals surface area contributed by atoms with Crippen molar-refractivity contribution in [2.75, 3.05) is 18.0 Å². The number of carbonyl (C=O) groups excluding carboxylic acids is 2. The first kappa shape index (κ1) is 18.5. The Bertz CT molecular complexity index is 553. The molecular weight excluding hydrogens is 348 g/mol. The van der Waals surface area contributed by atoms with Gasteiger partial charge in [-0.15, -0.1) is 0 Å². The molecule has 1 aromatic rings. The second-order valence-electron chi connectivity index (χ2n) is 6.03. The molecule has 122 valence electrons. The van der Waals surface area contributed by atoms with Crippen molar-refractivity contribution in [1.82, 2.24) is 5.32 Å². The first-order valence-electron chi connectivity index (χ1n) is 7.11. The SMILES string of the molecule is CC(=O)N(CCNC(=O)OC(C)(C)C)c1ccc(Br)c(C)c1. The molecule has 1 aromatic carbocycles. The number of anilines is 1. The van der Waals surface area contributed by atoms with Crippen molar-refractivity contribution in [3.05, 3.63) is 28.2 Å². The summed E-state index contributed by atoms with van der Waals surface area (Å²) in [5, 5.41) is 2.66. The van der Waals surface area contributed by atoms with E-state index >= 15 is 0 Å². The van der Waals surface area contributed by atoms with E-state index in [4.69, 9.17) is 4.74 Å². The van der Waals surface area contributed by atoms with E-state index < -0.39 is 11.7 Å². The predicted octanol–water partition coefficient (Wildman–Crippen LogP) is 3.64. The monoisotopic (exact) mass is 370 g/mol. The van der Waals surface area contributed by atoms with E-state index in [1.807, 2.05) is 25.1 Å². The molecule has 6 heteroatoms. The number of hydrogen-bond acceptors (Lipinski definition) is 3. The topological polar surface area (TPSA) is 58.6 Å². The van der Waals surface area contributed by atoms with Gasteiger partial charge in [0.1, 0.15) is 5.60 Å². The molecule has 22 heavy (non-hydrogen) atoms. The molecule has 0 unspecified atom stereocenters. The molecule has 1 N–H and O–H groups in total. The van der Waals surface area contributed by atoms with E-state index in [2.05, 4.69) is 21.2 Å². The maximum Gasteiger partial charge on any atom is 0.407 e. The van der Waals surface area contributed by atoms with Crippen LogP contribution in [-0.2, 0) is 9.53 Å². The van der Waals surface area contributed by atoms with E-state index in [0.717, 1.165) is 15.7 Å². The highest BCUT2D eigenvalue weighted by Crippen LogP contribution is 2.23. The van der Waals surface area contributed by atoms with Crippen LogP contribution in [0.25, 0.3) is 0 Å². The van der Waals surface area contributed by atoms with Gasteiger partial charge < -0.3 is 15.0 Å². The first-order chi connectivity index (χ1) is 10.1. The summed E-state index contributed by atoms with van der Waals surface area (Å²) < 4.78 is 6.15. The van der Waals surface area contributed by atoms with Crippen LogP contribution < -0.4 is 10.2 Å². The minimum Gasteiger partial charge on any atom is -0.444 e. The molecule has 0 aliphatic carbocycles. The van der Waals surface area contributed by atoms with Gasteiger partial charge in [-0.1, -0.05) is 15.9 Å². The maximum atomic E-state index is 11.8. The summed E-state index contributed by atoms with van der Waals surface area (Å²) in [6, 6.07) is 5.70. The van der Waals surface area contributed by atoms with Gasteiger partial charge in [-0.2, -0.15) is 0 Å². The average Bonchev–Trinajstić information content (AvgIpc) is 2.35. The van der Waals surface area contributed by atoms with Crippen LogP contribution in [0, 0.1) is 6.92 Å². The van der Waals surface area contributed by atoms with E-state index in [0.29, 0.717) is 13.1 Å². The number of aryl methyl sites for hydroxylation is 1. The summed E-state index contributed by atoms with van der Waals surface area (Å²) in [5.41, 5.74) is 1.32. The third-order valence-electron chi connectivity index (χ3n) is 2.84. The zero-order chi connectivity index (χ0) is 16.9. The highest BCUT2D eigenvalue weighted by atomic mass is 79.9. The second-order valence-corrected chi connectivity index (χ2v) is 6.89. The van der Waals surface area contributed by atoms with E-state index in [1.54, 1.807) is 25.7 Å². The van der Waals surface area contributed by atoms with E-state index in [-0.39, 0.29) is 5.91 Å². The van der Waals surface area contributed by atoms with Crippen molar-refractivity contribution in [2.45, 2.75) is 40.2 Å². The Morgan fingerprint density at radius 1 is 1.32 bits per heavy atom. The fourth-order valence-electron chi connectivity index (χ4n) is 1.85. The molecular formula is C16H23BrN2O3. The third kappa shape index (κ3) is 6.05. The smallest absolute Gasteiger partial charge is 0.407 e. The lowest BCUT2D eigenvalue weighted by atomic mass is 10.2. The maximum absolute atomic E-state index is 11.8. The molecule has 0 fully saturated rings. The van der Waals surface area contributed by atoms with Crippen LogP contribution >= 0.6 is 15.9 Å². The fraction of sp³-hybridized carbons (Fsp3) is 0.500. The summed E-state index contributed by atoms with van der Waals surface area (Å²) in [5.74, 6) is -0.0762. The molecule has 0 radical (unpaired) electrons. The normalized spacial score (nSPS) is 11.0. The molecule has 0 aliphatic rings. The van der Waals surface area contributed by atoms with E-state index in [9.17, 15) is 9.59 Å². The van der Waals surface area contributed by atoms with Crippen LogP contribution in [0.1, 0.15) is 33.3 Å². The zero-order valence-electron chi connectivity index (χ0n) is 13.7. The summed E-state index contributed by atoms with van der Waals surface area (Å²) in [7, 11) is 0. The number of nitrogens with one attached hydrogen (secondary N) is 1. The number of hydrogen-bond donors (Lipinski definition) is 1. The third-order valence-corrected chi connectivity index (χ3v) is 3.73. The number of ether oxygens (including phenoxy) is 1. The largest absolute Gasteiger partial charge is 0.444 e. The van der Waals surface area contributed by atoms with Crippen molar-refractivity contribution in [2.24, 2.45) is 0 Å². The molecule has 0 heterocycles. The van der Waals surface area contributed by atoms with Gasteiger partial charge in [0, 0.05) is 30.2 Å². The number of nitrogens with zero attached hydrogens (tertiary/aromatic N) is 1. The van der Waals surface area contributed by atoms with Gasteiger partial charge >= 0.3 is 6.09 Å². The standard InChI is InChI=1S/C16H23BrN2O3/c1-11-10-13(6-7-14(11)17)19(12(2)20)9-8-18-15(21)22-16(3,4)5/h6-7,10H,8-9H2,1-5H3,(H,18,21). The zero-order valence-corrected chi connectivity index (χ0v) is 15.3. The lowest BCUT2D eigenvalue weighted by Crippen LogP contribution is -2.39. The first-order valence-corrected chi connectivity index (χ1v) is 7.90. The molecule has 2 amide bonds. The Morgan fingerprint density at radius 3 is 2.45 bits per heavy atom. The van der Waals surface area contributed by atoms with Crippen LogP contribution in [-0.4, -0.2) is 30.7 Å². The number of carbonyl (C=O) groups is 2. The highest BCUT2D eigenvalue weighted by Gasteiger charge is 2.17. The van der Waals surface area contributed by atoms with Crippen molar-refractivity contribution in [3.63, 3.8) is 0 Å². The second kappa shape index (κ2) is 7.63. The summed E-state index contributed by atoms with van der Waals surface area (Å²) in [6.07, 6.45) is -0.483. The van der Waals surface area contributed by atoms with Gasteiger partial charge in [0.2, 0.25) is 5.91 Å². The molecule has 0 spiro atoms. The van der Waals surface area contributed by atoms with Gasteiger partial charge in [0.15, 0.2) is 0 Å². The molecule has 0 saturated heterocycles. The van der Waals surface area contributed by atoms with Crippen LogP contribution in [0.3, 0.4) is 0 Å². The lowest BCUT2D eigenvalue weighted by Gasteiger charge is -2.23. The molecule has 0 atom stereocenters. The Labute approximate surface area is 140 Å².